The minimum atomic E-state index is -1.14. The van der Waals surface area contributed by atoms with Crippen molar-refractivity contribution >= 4 is 39.0 Å². The van der Waals surface area contributed by atoms with Crippen LogP contribution in [0.5, 0.6) is 0 Å². The van der Waals surface area contributed by atoms with Crippen molar-refractivity contribution in [2.45, 2.75) is 20.0 Å². The molecule has 3 aromatic rings. The van der Waals surface area contributed by atoms with Gasteiger partial charge in [0.15, 0.2) is 6.10 Å². The number of hydrogen-bond donors (Lipinski definition) is 1. The second-order valence-corrected chi connectivity index (χ2v) is 6.77. The fourth-order valence-electron chi connectivity index (χ4n) is 2.46. The highest BCUT2D eigenvalue weighted by molar-refractivity contribution is 7.21. The number of thiophene rings is 1. The highest BCUT2D eigenvalue weighted by Crippen LogP contribution is 2.31. The Balaban J connectivity index is 1.71. The van der Waals surface area contributed by atoms with Crippen molar-refractivity contribution in [1.29, 1.82) is 0 Å². The summed E-state index contributed by atoms with van der Waals surface area (Å²) in [6.45, 7) is 3.20. The van der Waals surface area contributed by atoms with E-state index in [-0.39, 0.29) is 5.69 Å². The van der Waals surface area contributed by atoms with Crippen molar-refractivity contribution in [3.63, 3.8) is 0 Å². The van der Waals surface area contributed by atoms with Crippen LogP contribution in [-0.4, -0.2) is 18.0 Å². The maximum atomic E-state index is 13.6. The molecule has 1 N–H and O–H groups in total. The summed E-state index contributed by atoms with van der Waals surface area (Å²) in [5.74, 6) is -2.98. The number of aryl methyl sites for hydroxylation is 1. The number of amides is 1. The smallest absolute Gasteiger partial charge is 0.349 e. The molecule has 134 valence electrons. The number of hydrogen-bond acceptors (Lipinski definition) is 4. The molecule has 0 radical (unpaired) electrons. The largest absolute Gasteiger partial charge is 0.448 e. The van der Waals surface area contributed by atoms with E-state index in [0.717, 1.165) is 27.8 Å². The first kappa shape index (κ1) is 18.0. The Morgan fingerprint density at radius 1 is 1.15 bits per heavy atom. The van der Waals surface area contributed by atoms with Crippen molar-refractivity contribution in [3.05, 3.63) is 64.5 Å². The van der Waals surface area contributed by atoms with Gasteiger partial charge in [-0.15, -0.1) is 11.3 Å². The molecule has 1 heterocycles. The van der Waals surface area contributed by atoms with E-state index in [4.69, 9.17) is 4.74 Å². The summed E-state index contributed by atoms with van der Waals surface area (Å²) in [7, 11) is 0. The molecule has 1 amide bonds. The minimum absolute atomic E-state index is 0.183. The van der Waals surface area contributed by atoms with E-state index in [1.165, 1.54) is 18.3 Å². The van der Waals surface area contributed by atoms with E-state index < -0.39 is 29.6 Å². The van der Waals surface area contributed by atoms with Gasteiger partial charge in [-0.25, -0.2) is 13.6 Å². The third-order valence-electron chi connectivity index (χ3n) is 3.87. The molecule has 4 nitrogen and oxygen atoms in total. The topological polar surface area (TPSA) is 55.4 Å². The van der Waals surface area contributed by atoms with Gasteiger partial charge in [0, 0.05) is 10.8 Å². The first-order valence-electron chi connectivity index (χ1n) is 7.82. The van der Waals surface area contributed by atoms with Gasteiger partial charge >= 0.3 is 5.97 Å². The first-order valence-corrected chi connectivity index (χ1v) is 8.63. The maximum absolute atomic E-state index is 13.6. The van der Waals surface area contributed by atoms with Gasteiger partial charge in [-0.05, 0) is 43.0 Å². The second kappa shape index (κ2) is 7.21. The summed E-state index contributed by atoms with van der Waals surface area (Å²) >= 11 is 1.29. The van der Waals surface area contributed by atoms with Gasteiger partial charge in [0.25, 0.3) is 5.91 Å². The van der Waals surface area contributed by atoms with E-state index >= 15 is 0 Å². The van der Waals surface area contributed by atoms with Crippen LogP contribution in [0.2, 0.25) is 0 Å². The van der Waals surface area contributed by atoms with Crippen molar-refractivity contribution in [1.82, 2.24) is 0 Å². The lowest BCUT2D eigenvalue weighted by molar-refractivity contribution is -0.123. The Morgan fingerprint density at radius 3 is 2.58 bits per heavy atom. The molecule has 1 atom stereocenters. The Morgan fingerprint density at radius 2 is 1.88 bits per heavy atom. The standard InChI is InChI=1S/C19H15F2NO3S/c1-10-13-5-3-4-6-16(13)26-17(10)19(24)25-11(2)18(23)22-15-8-7-12(20)9-14(15)21/h3-9,11H,1-2H3,(H,22,23)/t11-/m0/s1. The zero-order valence-electron chi connectivity index (χ0n) is 14.0. The van der Waals surface area contributed by atoms with Crippen LogP contribution in [0.4, 0.5) is 14.5 Å². The van der Waals surface area contributed by atoms with Gasteiger partial charge in [0.2, 0.25) is 0 Å². The predicted octanol–water partition coefficient (Wildman–Crippen LogP) is 4.67. The summed E-state index contributed by atoms with van der Waals surface area (Å²) in [6.07, 6.45) is -1.14. The number of nitrogens with one attached hydrogen (secondary N) is 1. The van der Waals surface area contributed by atoms with Crippen molar-refractivity contribution in [3.8, 4) is 0 Å². The summed E-state index contributed by atoms with van der Waals surface area (Å²) in [5.41, 5.74) is 0.602. The second-order valence-electron chi connectivity index (χ2n) is 5.71. The van der Waals surface area contributed by atoms with E-state index in [2.05, 4.69) is 5.32 Å². The van der Waals surface area contributed by atoms with Gasteiger partial charge in [-0.1, -0.05) is 18.2 Å². The number of halogens is 2. The van der Waals surface area contributed by atoms with Crippen LogP contribution in [0.15, 0.2) is 42.5 Å². The van der Waals surface area contributed by atoms with Gasteiger partial charge < -0.3 is 10.1 Å². The van der Waals surface area contributed by atoms with E-state index in [9.17, 15) is 18.4 Å². The van der Waals surface area contributed by atoms with E-state index in [1.54, 1.807) is 0 Å². The van der Waals surface area contributed by atoms with Crippen LogP contribution in [0.25, 0.3) is 10.1 Å². The number of esters is 1. The monoisotopic (exact) mass is 375 g/mol. The molecule has 26 heavy (non-hydrogen) atoms. The molecular weight excluding hydrogens is 360 g/mol. The quantitative estimate of drug-likeness (QED) is 0.674. The number of benzene rings is 2. The number of anilines is 1. The van der Waals surface area contributed by atoms with Crippen molar-refractivity contribution in [2.75, 3.05) is 5.32 Å². The molecule has 3 rings (SSSR count). The minimum Gasteiger partial charge on any atom is -0.448 e. The van der Waals surface area contributed by atoms with Crippen LogP contribution in [0, 0.1) is 18.6 Å². The number of fused-ring (bicyclic) bond motifs is 1. The average Bonchev–Trinajstić information content (AvgIpc) is 2.94. The summed E-state index contributed by atoms with van der Waals surface area (Å²) in [4.78, 5) is 24.9. The zero-order valence-corrected chi connectivity index (χ0v) is 14.8. The number of carbonyl (C=O) groups is 2. The van der Waals surface area contributed by atoms with Gasteiger partial charge in [-0.3, -0.25) is 4.79 Å². The molecule has 0 aliphatic heterocycles. The Bertz CT molecular complexity index is 1000. The van der Waals surface area contributed by atoms with E-state index in [1.807, 2.05) is 31.2 Å². The van der Waals surface area contributed by atoms with Crippen molar-refractivity contribution in [2.24, 2.45) is 0 Å². The molecule has 0 saturated carbocycles. The fourth-order valence-corrected chi connectivity index (χ4v) is 3.55. The molecule has 0 bridgehead atoms. The summed E-state index contributed by atoms with van der Waals surface area (Å²) in [5, 5.41) is 3.23. The SMILES string of the molecule is Cc1c(C(=O)O[C@@H](C)C(=O)Nc2ccc(F)cc2F)sc2ccccc12. The molecular formula is C19H15F2NO3S. The van der Waals surface area contributed by atoms with Gasteiger partial charge in [0.05, 0.1) is 5.69 Å². The van der Waals surface area contributed by atoms with Crippen LogP contribution >= 0.6 is 11.3 Å². The number of carbonyl (C=O) groups excluding carboxylic acids is 2. The molecule has 0 fully saturated rings. The predicted molar refractivity (Wildman–Crippen MR) is 96.4 cm³/mol. The first-order chi connectivity index (χ1) is 12.4. The van der Waals surface area contributed by atoms with Gasteiger partial charge in [-0.2, -0.15) is 0 Å². The fraction of sp³-hybridized carbons (Fsp3) is 0.158. The number of rotatable bonds is 4. The molecule has 0 spiro atoms. The van der Waals surface area contributed by atoms with E-state index in [0.29, 0.717) is 10.9 Å². The average molecular weight is 375 g/mol. The molecule has 2 aromatic carbocycles. The van der Waals surface area contributed by atoms with Crippen LogP contribution in [0.3, 0.4) is 0 Å². The number of ether oxygens (including phenoxy) is 1. The maximum Gasteiger partial charge on any atom is 0.349 e. The van der Waals surface area contributed by atoms with Gasteiger partial charge in [0.1, 0.15) is 16.5 Å². The van der Waals surface area contributed by atoms with Crippen molar-refractivity contribution < 1.29 is 23.1 Å². The molecule has 0 aliphatic rings. The molecule has 7 heteroatoms. The molecule has 0 aliphatic carbocycles. The molecule has 0 saturated heterocycles. The molecule has 1 aromatic heterocycles. The lowest BCUT2D eigenvalue weighted by Crippen LogP contribution is -2.30. The molecule has 0 unspecified atom stereocenters. The lowest BCUT2D eigenvalue weighted by Gasteiger charge is -2.13. The van der Waals surface area contributed by atoms with Crippen LogP contribution in [-0.2, 0) is 9.53 Å². The Hall–Kier alpha value is -2.80. The third-order valence-corrected chi connectivity index (χ3v) is 5.12. The Kier molecular flexibility index (Phi) is 4.99. The summed E-state index contributed by atoms with van der Waals surface area (Å²) in [6, 6.07) is 10.4. The van der Waals surface area contributed by atoms with Crippen LogP contribution in [0.1, 0.15) is 22.2 Å². The highest BCUT2D eigenvalue weighted by Gasteiger charge is 2.23. The van der Waals surface area contributed by atoms with Crippen LogP contribution < -0.4 is 5.32 Å². The third kappa shape index (κ3) is 3.57. The Labute approximate surface area is 152 Å². The highest BCUT2D eigenvalue weighted by atomic mass is 32.1. The summed E-state index contributed by atoms with van der Waals surface area (Å²) < 4.78 is 32.7. The zero-order chi connectivity index (χ0) is 18.8. The normalized spacial score (nSPS) is 12.0. The lowest BCUT2D eigenvalue weighted by atomic mass is 10.1.